The van der Waals surface area contributed by atoms with Gasteiger partial charge < -0.3 is 4.90 Å². The molecule has 3 aromatic rings. The smallest absolute Gasteiger partial charge is 0.257 e. The number of hydrogen-bond donors (Lipinski definition) is 0. The van der Waals surface area contributed by atoms with Gasteiger partial charge in [0.05, 0.1) is 12.1 Å². The molecule has 0 spiro atoms. The van der Waals surface area contributed by atoms with Crippen molar-refractivity contribution in [2.45, 2.75) is 13.5 Å². The minimum atomic E-state index is 0.0799. The summed E-state index contributed by atoms with van der Waals surface area (Å²) in [7, 11) is 0. The third kappa shape index (κ3) is 3.20. The molecule has 0 N–H and O–H groups in total. The van der Waals surface area contributed by atoms with Crippen LogP contribution in [0.1, 0.15) is 22.8 Å². The molecule has 1 amide bonds. The minimum Gasteiger partial charge on any atom is -0.338 e. The Labute approximate surface area is 147 Å². The molecule has 0 radical (unpaired) electrons. The lowest BCUT2D eigenvalue weighted by Crippen LogP contribution is -2.48. The van der Waals surface area contributed by atoms with E-state index in [1.54, 1.807) is 0 Å². The van der Waals surface area contributed by atoms with Crippen molar-refractivity contribution < 1.29 is 4.79 Å². The average molecular weight is 331 g/mol. The lowest BCUT2D eigenvalue weighted by atomic mass is 10.0. The molecule has 2 aromatic carbocycles. The van der Waals surface area contributed by atoms with Gasteiger partial charge >= 0.3 is 0 Å². The normalized spacial score (nSPS) is 14.4. The quantitative estimate of drug-likeness (QED) is 0.731. The fourth-order valence-electron chi connectivity index (χ4n) is 3.27. The number of carbonyl (C=O) groups excluding carboxylic acids is 1. The van der Waals surface area contributed by atoms with Gasteiger partial charge in [-0.3, -0.25) is 9.48 Å². The number of hydrogen-bond acceptors (Lipinski definition) is 2. The fourth-order valence-corrected chi connectivity index (χ4v) is 3.27. The van der Waals surface area contributed by atoms with Crippen molar-refractivity contribution in [3.63, 3.8) is 0 Å². The highest BCUT2D eigenvalue weighted by atomic mass is 16.2. The molecule has 4 rings (SSSR count). The molecule has 1 aliphatic heterocycles. The Hall–Kier alpha value is -2.88. The Morgan fingerprint density at radius 2 is 1.68 bits per heavy atom. The Bertz CT molecular complexity index is 865. The first kappa shape index (κ1) is 15.6. The first-order chi connectivity index (χ1) is 12.2. The SMILES string of the molecule is CC1CN(C(=O)c2cn(Cc3ccccc3)nc2-c2ccccc2)C1. The van der Waals surface area contributed by atoms with Gasteiger partial charge in [-0.2, -0.15) is 5.10 Å². The summed E-state index contributed by atoms with van der Waals surface area (Å²) in [5, 5.41) is 4.73. The topological polar surface area (TPSA) is 38.1 Å². The largest absolute Gasteiger partial charge is 0.338 e. The van der Waals surface area contributed by atoms with Crippen molar-refractivity contribution in [3.8, 4) is 11.3 Å². The molecule has 25 heavy (non-hydrogen) atoms. The van der Waals surface area contributed by atoms with Crippen LogP contribution in [-0.2, 0) is 6.54 Å². The van der Waals surface area contributed by atoms with Gasteiger partial charge in [-0.05, 0) is 11.5 Å². The monoisotopic (exact) mass is 331 g/mol. The van der Waals surface area contributed by atoms with Crippen molar-refractivity contribution in [1.82, 2.24) is 14.7 Å². The predicted molar refractivity (Wildman–Crippen MR) is 98.3 cm³/mol. The number of carbonyl (C=O) groups is 1. The van der Waals surface area contributed by atoms with Gasteiger partial charge in [-0.1, -0.05) is 67.6 Å². The summed E-state index contributed by atoms with van der Waals surface area (Å²) in [4.78, 5) is 14.8. The summed E-state index contributed by atoms with van der Waals surface area (Å²) in [5.41, 5.74) is 3.60. The second-order valence-corrected chi connectivity index (χ2v) is 6.76. The van der Waals surface area contributed by atoms with Crippen LogP contribution < -0.4 is 0 Å². The second-order valence-electron chi connectivity index (χ2n) is 6.76. The minimum absolute atomic E-state index is 0.0799. The molecule has 0 aliphatic carbocycles. The van der Waals surface area contributed by atoms with Crippen molar-refractivity contribution in [2.75, 3.05) is 13.1 Å². The number of rotatable bonds is 4. The maximum atomic E-state index is 12.9. The summed E-state index contributed by atoms with van der Waals surface area (Å²) < 4.78 is 1.87. The van der Waals surface area contributed by atoms with Gasteiger partial charge in [0.2, 0.25) is 0 Å². The fraction of sp³-hybridized carbons (Fsp3) is 0.238. The maximum Gasteiger partial charge on any atom is 0.257 e. The third-order valence-corrected chi connectivity index (χ3v) is 4.58. The Morgan fingerprint density at radius 1 is 1.04 bits per heavy atom. The van der Waals surface area contributed by atoms with Crippen LogP contribution in [0.5, 0.6) is 0 Å². The van der Waals surface area contributed by atoms with E-state index in [1.807, 2.05) is 64.3 Å². The van der Waals surface area contributed by atoms with E-state index in [4.69, 9.17) is 5.10 Å². The van der Waals surface area contributed by atoms with Crippen molar-refractivity contribution in [3.05, 3.63) is 78.0 Å². The molecular formula is C21H21N3O. The van der Waals surface area contributed by atoms with E-state index < -0.39 is 0 Å². The zero-order chi connectivity index (χ0) is 17.2. The molecule has 1 aromatic heterocycles. The molecule has 0 saturated carbocycles. The number of amides is 1. The van der Waals surface area contributed by atoms with Crippen LogP contribution in [0.4, 0.5) is 0 Å². The van der Waals surface area contributed by atoms with Crippen molar-refractivity contribution in [1.29, 1.82) is 0 Å². The van der Waals surface area contributed by atoms with E-state index in [2.05, 4.69) is 19.1 Å². The number of aromatic nitrogens is 2. The lowest BCUT2D eigenvalue weighted by molar-refractivity contribution is 0.0531. The molecule has 0 unspecified atom stereocenters. The van der Waals surface area contributed by atoms with E-state index in [-0.39, 0.29) is 5.91 Å². The zero-order valence-electron chi connectivity index (χ0n) is 14.3. The van der Waals surface area contributed by atoms with Gasteiger partial charge in [0.1, 0.15) is 5.69 Å². The number of benzene rings is 2. The van der Waals surface area contributed by atoms with Gasteiger partial charge in [0, 0.05) is 24.8 Å². The van der Waals surface area contributed by atoms with Crippen LogP contribution in [0.2, 0.25) is 0 Å². The highest BCUT2D eigenvalue weighted by Gasteiger charge is 2.30. The average Bonchev–Trinajstić information content (AvgIpc) is 3.04. The van der Waals surface area contributed by atoms with Crippen LogP contribution >= 0.6 is 0 Å². The van der Waals surface area contributed by atoms with E-state index in [1.165, 1.54) is 5.56 Å². The van der Waals surface area contributed by atoms with E-state index in [0.717, 1.165) is 24.3 Å². The van der Waals surface area contributed by atoms with Crippen LogP contribution in [0.3, 0.4) is 0 Å². The number of nitrogens with zero attached hydrogens (tertiary/aromatic N) is 3. The molecule has 2 heterocycles. The lowest BCUT2D eigenvalue weighted by Gasteiger charge is -2.37. The van der Waals surface area contributed by atoms with Gasteiger partial charge in [0.25, 0.3) is 5.91 Å². The van der Waals surface area contributed by atoms with Gasteiger partial charge in [-0.15, -0.1) is 0 Å². The number of likely N-dealkylation sites (tertiary alicyclic amines) is 1. The second kappa shape index (κ2) is 6.55. The Morgan fingerprint density at radius 3 is 2.32 bits per heavy atom. The van der Waals surface area contributed by atoms with Crippen LogP contribution in [0, 0.1) is 5.92 Å². The Balaban J connectivity index is 1.69. The van der Waals surface area contributed by atoms with Gasteiger partial charge in [0.15, 0.2) is 0 Å². The maximum absolute atomic E-state index is 12.9. The standard InChI is InChI=1S/C21H21N3O/c1-16-12-23(13-16)21(25)19-15-24(14-17-8-4-2-5-9-17)22-20(19)18-10-6-3-7-11-18/h2-11,15-16H,12-14H2,1H3. The van der Waals surface area contributed by atoms with Crippen LogP contribution in [0.15, 0.2) is 66.9 Å². The molecular weight excluding hydrogens is 310 g/mol. The summed E-state index contributed by atoms with van der Waals surface area (Å²) >= 11 is 0. The van der Waals surface area contributed by atoms with Crippen LogP contribution in [0.25, 0.3) is 11.3 Å². The van der Waals surface area contributed by atoms with Gasteiger partial charge in [-0.25, -0.2) is 0 Å². The molecule has 1 saturated heterocycles. The predicted octanol–water partition coefficient (Wildman–Crippen LogP) is 3.69. The summed E-state index contributed by atoms with van der Waals surface area (Å²) in [6.07, 6.45) is 1.89. The molecule has 1 aliphatic rings. The highest BCUT2D eigenvalue weighted by molar-refractivity contribution is 6.00. The summed E-state index contributed by atoms with van der Waals surface area (Å²) in [6.45, 7) is 4.49. The van der Waals surface area contributed by atoms with Crippen molar-refractivity contribution in [2.24, 2.45) is 5.92 Å². The van der Waals surface area contributed by atoms with Crippen LogP contribution in [-0.4, -0.2) is 33.7 Å². The molecule has 4 nitrogen and oxygen atoms in total. The van der Waals surface area contributed by atoms with E-state index in [9.17, 15) is 4.79 Å². The van der Waals surface area contributed by atoms with E-state index in [0.29, 0.717) is 18.0 Å². The molecule has 0 bridgehead atoms. The zero-order valence-corrected chi connectivity index (χ0v) is 14.3. The molecule has 4 heteroatoms. The summed E-state index contributed by atoms with van der Waals surface area (Å²) in [5.74, 6) is 0.666. The van der Waals surface area contributed by atoms with E-state index >= 15 is 0 Å². The Kier molecular flexibility index (Phi) is 4.10. The highest BCUT2D eigenvalue weighted by Crippen LogP contribution is 2.26. The first-order valence-corrected chi connectivity index (χ1v) is 8.67. The molecule has 1 fully saturated rings. The first-order valence-electron chi connectivity index (χ1n) is 8.67. The third-order valence-electron chi connectivity index (χ3n) is 4.58. The summed E-state index contributed by atoms with van der Waals surface area (Å²) in [6, 6.07) is 20.1. The molecule has 126 valence electrons. The molecule has 0 atom stereocenters. The van der Waals surface area contributed by atoms with Crippen molar-refractivity contribution >= 4 is 5.91 Å².